The summed E-state index contributed by atoms with van der Waals surface area (Å²) in [6.45, 7) is 7.23. The fourth-order valence-electron chi connectivity index (χ4n) is 0.825. The summed E-state index contributed by atoms with van der Waals surface area (Å²) in [5, 5.41) is 18.7. The molecule has 62 valence electrons. The van der Waals surface area contributed by atoms with Gasteiger partial charge in [-0.2, -0.15) is 0 Å². The van der Waals surface area contributed by atoms with Gasteiger partial charge in [0, 0.05) is 0 Å². The minimum atomic E-state index is -0.936. The number of hydrogen-bond donors (Lipinski definition) is 2. The Labute approximate surface area is 62.9 Å². The molecule has 0 radical (unpaired) electrons. The van der Waals surface area contributed by atoms with Crippen LogP contribution in [0.1, 0.15) is 34.1 Å². The first-order valence-electron chi connectivity index (χ1n) is 3.83. The minimum Gasteiger partial charge on any atom is -0.390 e. The van der Waals surface area contributed by atoms with E-state index in [1.54, 1.807) is 13.8 Å². The molecule has 0 rings (SSSR count). The smallest absolute Gasteiger partial charge is 0.0899 e. The van der Waals surface area contributed by atoms with Crippen molar-refractivity contribution in [1.82, 2.24) is 0 Å². The van der Waals surface area contributed by atoms with E-state index in [4.69, 9.17) is 5.11 Å². The predicted molar refractivity (Wildman–Crippen MR) is 41.8 cm³/mol. The summed E-state index contributed by atoms with van der Waals surface area (Å²) in [6, 6.07) is 0. The van der Waals surface area contributed by atoms with Crippen molar-refractivity contribution in [3.05, 3.63) is 0 Å². The van der Waals surface area contributed by atoms with E-state index in [9.17, 15) is 5.11 Å². The van der Waals surface area contributed by atoms with Crippen molar-refractivity contribution in [2.45, 2.75) is 45.8 Å². The van der Waals surface area contributed by atoms with Gasteiger partial charge in [0.25, 0.3) is 0 Å². The summed E-state index contributed by atoms with van der Waals surface area (Å²) in [5.74, 6) is 0.146. The summed E-state index contributed by atoms with van der Waals surface area (Å²) in [4.78, 5) is 0. The monoisotopic (exact) mass is 146 g/mol. The summed E-state index contributed by atoms with van der Waals surface area (Å²) < 4.78 is 0. The molecule has 3 unspecified atom stereocenters. The fraction of sp³-hybridized carbons (Fsp3) is 1.00. The van der Waals surface area contributed by atoms with Gasteiger partial charge in [-0.3, -0.25) is 0 Å². The van der Waals surface area contributed by atoms with Crippen LogP contribution in [0.5, 0.6) is 0 Å². The Bertz CT molecular complexity index is 97.4. The molecular formula is C8H18O2. The van der Waals surface area contributed by atoms with Gasteiger partial charge >= 0.3 is 0 Å². The van der Waals surface area contributed by atoms with Gasteiger partial charge in [0.2, 0.25) is 0 Å². The molecule has 0 bridgehead atoms. The molecule has 10 heavy (non-hydrogen) atoms. The van der Waals surface area contributed by atoms with Gasteiger partial charge in [-0.25, -0.2) is 0 Å². The molecule has 0 amide bonds. The van der Waals surface area contributed by atoms with Crippen LogP contribution in [0.3, 0.4) is 0 Å². The molecule has 0 saturated carbocycles. The highest BCUT2D eigenvalue weighted by molar-refractivity contribution is 4.83. The summed E-state index contributed by atoms with van der Waals surface area (Å²) in [6.07, 6.45) is 0.236. The molecule has 0 aromatic rings. The average Bonchev–Trinajstić information content (AvgIpc) is 1.86. The average molecular weight is 146 g/mol. The van der Waals surface area contributed by atoms with Crippen molar-refractivity contribution in [1.29, 1.82) is 0 Å². The molecule has 0 saturated heterocycles. The first kappa shape index (κ1) is 9.92. The standard InChI is InChI=1S/C8H18O2/c1-5-6(2)8(4,10)7(3)9/h6-7,9-10H,5H2,1-4H3. The lowest BCUT2D eigenvalue weighted by atomic mass is 9.85. The zero-order valence-electron chi connectivity index (χ0n) is 7.26. The Morgan fingerprint density at radius 1 is 1.40 bits per heavy atom. The van der Waals surface area contributed by atoms with Crippen LogP contribution in [0.15, 0.2) is 0 Å². The number of aliphatic hydroxyl groups is 2. The van der Waals surface area contributed by atoms with Crippen molar-refractivity contribution in [3.8, 4) is 0 Å². The molecule has 0 aliphatic heterocycles. The lowest BCUT2D eigenvalue weighted by Crippen LogP contribution is -2.43. The van der Waals surface area contributed by atoms with Crippen LogP contribution in [-0.4, -0.2) is 21.9 Å². The summed E-state index contributed by atoms with van der Waals surface area (Å²) >= 11 is 0. The van der Waals surface area contributed by atoms with Gasteiger partial charge in [-0.05, 0) is 19.8 Å². The molecule has 2 heteroatoms. The van der Waals surface area contributed by atoms with E-state index in [0.29, 0.717) is 0 Å². The molecule has 2 nitrogen and oxygen atoms in total. The Balaban J connectivity index is 4.09. The van der Waals surface area contributed by atoms with Crippen LogP contribution in [-0.2, 0) is 0 Å². The molecular weight excluding hydrogens is 128 g/mol. The largest absolute Gasteiger partial charge is 0.390 e. The summed E-state index contributed by atoms with van der Waals surface area (Å²) in [7, 11) is 0. The zero-order valence-corrected chi connectivity index (χ0v) is 7.26. The van der Waals surface area contributed by atoms with E-state index in [1.165, 1.54) is 0 Å². The van der Waals surface area contributed by atoms with Crippen LogP contribution < -0.4 is 0 Å². The molecule has 0 aliphatic carbocycles. The Kier molecular flexibility index (Phi) is 3.33. The third kappa shape index (κ3) is 1.96. The van der Waals surface area contributed by atoms with E-state index in [1.807, 2.05) is 13.8 Å². The lowest BCUT2D eigenvalue weighted by molar-refractivity contribution is -0.0887. The fourth-order valence-corrected chi connectivity index (χ4v) is 0.825. The molecule has 0 aromatic heterocycles. The van der Waals surface area contributed by atoms with E-state index in [2.05, 4.69) is 0 Å². The molecule has 2 N–H and O–H groups in total. The molecule has 0 heterocycles. The SMILES string of the molecule is CCC(C)C(C)(O)C(C)O. The highest BCUT2D eigenvalue weighted by Crippen LogP contribution is 2.23. The van der Waals surface area contributed by atoms with Crippen LogP contribution in [0.4, 0.5) is 0 Å². The molecule has 0 spiro atoms. The second-order valence-corrected chi connectivity index (χ2v) is 3.21. The predicted octanol–water partition coefficient (Wildman–Crippen LogP) is 1.16. The van der Waals surface area contributed by atoms with Crippen molar-refractivity contribution in [2.24, 2.45) is 5.92 Å². The van der Waals surface area contributed by atoms with Gasteiger partial charge in [0.15, 0.2) is 0 Å². The second kappa shape index (κ2) is 3.35. The Hall–Kier alpha value is -0.0800. The highest BCUT2D eigenvalue weighted by atomic mass is 16.3. The van der Waals surface area contributed by atoms with Gasteiger partial charge in [-0.15, -0.1) is 0 Å². The van der Waals surface area contributed by atoms with E-state index >= 15 is 0 Å². The number of hydrogen-bond acceptors (Lipinski definition) is 2. The quantitative estimate of drug-likeness (QED) is 0.627. The van der Waals surface area contributed by atoms with Gasteiger partial charge in [0.1, 0.15) is 0 Å². The van der Waals surface area contributed by atoms with Crippen LogP contribution in [0.25, 0.3) is 0 Å². The van der Waals surface area contributed by atoms with Gasteiger partial charge in [-0.1, -0.05) is 20.3 Å². The van der Waals surface area contributed by atoms with E-state index in [-0.39, 0.29) is 5.92 Å². The van der Waals surface area contributed by atoms with E-state index in [0.717, 1.165) is 6.42 Å². The first-order valence-corrected chi connectivity index (χ1v) is 3.83. The van der Waals surface area contributed by atoms with E-state index < -0.39 is 11.7 Å². The maximum Gasteiger partial charge on any atom is 0.0899 e. The van der Waals surface area contributed by atoms with Gasteiger partial charge in [0.05, 0.1) is 11.7 Å². The summed E-state index contributed by atoms with van der Waals surface area (Å²) in [5.41, 5.74) is -0.936. The third-order valence-corrected chi connectivity index (χ3v) is 2.46. The molecule has 0 fully saturated rings. The van der Waals surface area contributed by atoms with Crippen molar-refractivity contribution in [2.75, 3.05) is 0 Å². The van der Waals surface area contributed by atoms with Gasteiger partial charge < -0.3 is 10.2 Å². The number of aliphatic hydroxyl groups excluding tert-OH is 1. The van der Waals surface area contributed by atoms with Crippen molar-refractivity contribution < 1.29 is 10.2 Å². The van der Waals surface area contributed by atoms with Crippen molar-refractivity contribution >= 4 is 0 Å². The van der Waals surface area contributed by atoms with Crippen molar-refractivity contribution in [3.63, 3.8) is 0 Å². The highest BCUT2D eigenvalue weighted by Gasteiger charge is 2.31. The van der Waals surface area contributed by atoms with Crippen LogP contribution in [0, 0.1) is 5.92 Å². The Morgan fingerprint density at radius 3 is 1.90 bits per heavy atom. The van der Waals surface area contributed by atoms with Crippen LogP contribution in [0.2, 0.25) is 0 Å². The maximum absolute atomic E-state index is 9.61. The molecule has 0 aliphatic rings. The maximum atomic E-state index is 9.61. The normalized spacial score (nSPS) is 23.4. The second-order valence-electron chi connectivity index (χ2n) is 3.21. The zero-order chi connectivity index (χ0) is 8.36. The Morgan fingerprint density at radius 2 is 1.80 bits per heavy atom. The third-order valence-electron chi connectivity index (χ3n) is 2.46. The minimum absolute atomic E-state index is 0.146. The molecule has 0 aromatic carbocycles. The topological polar surface area (TPSA) is 40.5 Å². The van der Waals surface area contributed by atoms with Crippen LogP contribution >= 0.6 is 0 Å². The number of rotatable bonds is 3. The molecule has 3 atom stereocenters. The lowest BCUT2D eigenvalue weighted by Gasteiger charge is -2.32. The first-order chi connectivity index (χ1) is 4.42.